The van der Waals surface area contributed by atoms with Gasteiger partial charge in [0.1, 0.15) is 0 Å². The van der Waals surface area contributed by atoms with Gasteiger partial charge in [-0.1, -0.05) is 52.7 Å². The molecule has 0 unspecified atom stereocenters. The van der Waals surface area contributed by atoms with Gasteiger partial charge >= 0.3 is 0 Å². The molecule has 0 aliphatic heterocycles. The van der Waals surface area contributed by atoms with E-state index in [2.05, 4.69) is 29.4 Å². The van der Waals surface area contributed by atoms with Crippen molar-refractivity contribution in [3.63, 3.8) is 0 Å². The zero-order valence-electron chi connectivity index (χ0n) is 11.0. The molecule has 20 heavy (non-hydrogen) atoms. The molecule has 0 fully saturated rings. The second-order valence-electron chi connectivity index (χ2n) is 4.62. The van der Waals surface area contributed by atoms with E-state index in [-0.39, 0.29) is 0 Å². The molecule has 0 saturated carbocycles. The molecule has 2 nitrogen and oxygen atoms in total. The molecular formula is C15H12Cl2N2S. The Morgan fingerprint density at radius 2 is 1.85 bits per heavy atom. The lowest BCUT2D eigenvalue weighted by Gasteiger charge is -2.09. The van der Waals surface area contributed by atoms with Gasteiger partial charge in [-0.15, -0.1) is 0 Å². The van der Waals surface area contributed by atoms with Crippen molar-refractivity contribution in [1.29, 1.82) is 0 Å². The van der Waals surface area contributed by atoms with E-state index in [9.17, 15) is 0 Å². The number of hydrogen-bond acceptors (Lipinski definition) is 3. The Morgan fingerprint density at radius 1 is 1.05 bits per heavy atom. The van der Waals surface area contributed by atoms with Gasteiger partial charge in [0.15, 0.2) is 5.13 Å². The summed E-state index contributed by atoms with van der Waals surface area (Å²) >= 11 is 14.1. The van der Waals surface area contributed by atoms with Crippen LogP contribution in [0.4, 0.5) is 10.8 Å². The predicted molar refractivity (Wildman–Crippen MR) is 88.8 cm³/mol. The molecule has 1 heterocycles. The van der Waals surface area contributed by atoms with Gasteiger partial charge in [0, 0.05) is 0 Å². The number of anilines is 2. The number of fused-ring (bicyclic) bond motifs is 1. The third kappa shape index (κ3) is 2.37. The molecule has 0 bridgehead atoms. The highest BCUT2D eigenvalue weighted by Gasteiger charge is 2.12. The molecule has 0 radical (unpaired) electrons. The van der Waals surface area contributed by atoms with Crippen molar-refractivity contribution >= 4 is 55.6 Å². The molecule has 1 aromatic heterocycles. The number of nitrogens with one attached hydrogen (secondary N) is 1. The first kappa shape index (κ1) is 13.7. The maximum Gasteiger partial charge on any atom is 0.188 e. The van der Waals surface area contributed by atoms with E-state index in [1.54, 1.807) is 11.3 Å². The summed E-state index contributed by atoms with van der Waals surface area (Å²) < 4.78 is 1.15. The highest BCUT2D eigenvalue weighted by Crippen LogP contribution is 2.37. The van der Waals surface area contributed by atoms with Gasteiger partial charge in [0.2, 0.25) is 0 Å². The van der Waals surface area contributed by atoms with Crippen LogP contribution in [0.15, 0.2) is 30.3 Å². The minimum Gasteiger partial charge on any atom is -0.329 e. The van der Waals surface area contributed by atoms with Crippen LogP contribution in [-0.2, 0) is 0 Å². The van der Waals surface area contributed by atoms with Gasteiger partial charge < -0.3 is 5.32 Å². The van der Waals surface area contributed by atoms with Crippen LogP contribution in [0.5, 0.6) is 0 Å². The fourth-order valence-electron chi connectivity index (χ4n) is 2.02. The maximum absolute atomic E-state index is 6.31. The van der Waals surface area contributed by atoms with E-state index in [4.69, 9.17) is 23.2 Å². The average molecular weight is 323 g/mol. The van der Waals surface area contributed by atoms with E-state index < -0.39 is 0 Å². The molecule has 0 amide bonds. The van der Waals surface area contributed by atoms with E-state index >= 15 is 0 Å². The summed E-state index contributed by atoms with van der Waals surface area (Å²) in [7, 11) is 0. The summed E-state index contributed by atoms with van der Waals surface area (Å²) in [6.07, 6.45) is 0. The maximum atomic E-state index is 6.31. The Morgan fingerprint density at radius 3 is 2.60 bits per heavy atom. The Balaban J connectivity index is 2.06. The second-order valence-corrected chi connectivity index (χ2v) is 6.43. The van der Waals surface area contributed by atoms with Crippen LogP contribution in [0.3, 0.4) is 0 Å². The number of hydrogen-bond donors (Lipinski definition) is 1. The third-order valence-electron chi connectivity index (χ3n) is 3.14. The van der Waals surface area contributed by atoms with Crippen molar-refractivity contribution < 1.29 is 0 Å². The third-order valence-corrected chi connectivity index (χ3v) is 4.87. The van der Waals surface area contributed by atoms with Crippen LogP contribution in [0, 0.1) is 13.8 Å². The number of nitrogens with zero attached hydrogens (tertiary/aromatic N) is 1. The van der Waals surface area contributed by atoms with Gasteiger partial charge in [0.25, 0.3) is 0 Å². The quantitative estimate of drug-likeness (QED) is 0.629. The SMILES string of the molecule is Cc1ccc(Cl)c(Nc2nc3c(C)cccc3s2)c1Cl. The molecule has 5 heteroatoms. The molecule has 0 aliphatic carbocycles. The molecule has 0 aliphatic rings. The Labute approximate surface area is 131 Å². The summed E-state index contributed by atoms with van der Waals surface area (Å²) in [4.78, 5) is 4.61. The fourth-order valence-corrected chi connectivity index (χ4v) is 3.43. The number of aryl methyl sites for hydroxylation is 2. The topological polar surface area (TPSA) is 24.9 Å². The smallest absolute Gasteiger partial charge is 0.188 e. The summed E-state index contributed by atoms with van der Waals surface area (Å²) in [5, 5.41) is 5.26. The van der Waals surface area contributed by atoms with Crippen LogP contribution in [0.1, 0.15) is 11.1 Å². The molecule has 2 aromatic carbocycles. The number of thiazole rings is 1. The Bertz CT molecular complexity index is 796. The van der Waals surface area contributed by atoms with E-state index in [0.717, 1.165) is 26.5 Å². The normalized spacial score (nSPS) is 11.0. The summed E-state index contributed by atoms with van der Waals surface area (Å²) in [5.41, 5.74) is 3.87. The first-order chi connectivity index (χ1) is 9.56. The second kappa shape index (κ2) is 5.24. The van der Waals surface area contributed by atoms with E-state index in [0.29, 0.717) is 15.7 Å². The van der Waals surface area contributed by atoms with E-state index in [1.165, 1.54) is 0 Å². The van der Waals surface area contributed by atoms with Gasteiger partial charge in [-0.2, -0.15) is 0 Å². The lowest BCUT2D eigenvalue weighted by atomic mass is 10.2. The highest BCUT2D eigenvalue weighted by atomic mass is 35.5. The number of rotatable bonds is 2. The highest BCUT2D eigenvalue weighted by molar-refractivity contribution is 7.22. The number of para-hydroxylation sites is 1. The standard InChI is InChI=1S/C15H12Cl2N2S/c1-8-6-7-10(16)14(12(8)17)19-15-18-13-9(2)4-3-5-11(13)20-15/h3-7H,1-2H3,(H,18,19). The average Bonchev–Trinajstić information content (AvgIpc) is 2.83. The van der Waals surface area contributed by atoms with Crippen LogP contribution in [0.25, 0.3) is 10.2 Å². The van der Waals surface area contributed by atoms with Crippen LogP contribution >= 0.6 is 34.5 Å². The van der Waals surface area contributed by atoms with Gasteiger partial charge in [-0.25, -0.2) is 4.98 Å². The van der Waals surface area contributed by atoms with E-state index in [1.807, 2.05) is 25.1 Å². The fraction of sp³-hybridized carbons (Fsp3) is 0.133. The van der Waals surface area contributed by atoms with Crippen molar-refractivity contribution in [3.8, 4) is 0 Å². The molecule has 102 valence electrons. The van der Waals surface area contributed by atoms with Gasteiger partial charge in [-0.05, 0) is 37.1 Å². The molecule has 1 N–H and O–H groups in total. The first-order valence-electron chi connectivity index (χ1n) is 6.14. The molecule has 3 aromatic rings. The van der Waals surface area contributed by atoms with Crippen molar-refractivity contribution in [1.82, 2.24) is 4.98 Å². The minimum absolute atomic E-state index is 0.594. The largest absolute Gasteiger partial charge is 0.329 e. The van der Waals surface area contributed by atoms with Crippen molar-refractivity contribution in [2.75, 3.05) is 5.32 Å². The zero-order chi connectivity index (χ0) is 14.3. The van der Waals surface area contributed by atoms with Crippen molar-refractivity contribution in [3.05, 3.63) is 51.5 Å². The molecule has 0 saturated heterocycles. The summed E-state index contributed by atoms with van der Waals surface area (Å²) in [6, 6.07) is 9.89. The van der Waals surface area contributed by atoms with Crippen LogP contribution in [0.2, 0.25) is 10.0 Å². The number of aromatic nitrogens is 1. The summed E-state index contributed by atoms with van der Waals surface area (Å²) in [6.45, 7) is 4.00. The molecule has 0 spiro atoms. The minimum atomic E-state index is 0.594. The number of halogens is 2. The Hall–Kier alpha value is -1.29. The Kier molecular flexibility index (Phi) is 3.59. The predicted octanol–water partition coefficient (Wildman–Crippen LogP) is 5.96. The monoisotopic (exact) mass is 322 g/mol. The number of benzene rings is 2. The lowest BCUT2D eigenvalue weighted by molar-refractivity contribution is 1.39. The molecule has 0 atom stereocenters. The van der Waals surface area contributed by atoms with Crippen LogP contribution in [-0.4, -0.2) is 4.98 Å². The van der Waals surface area contributed by atoms with Crippen LogP contribution < -0.4 is 5.32 Å². The zero-order valence-corrected chi connectivity index (χ0v) is 13.3. The lowest BCUT2D eigenvalue weighted by Crippen LogP contribution is -1.93. The van der Waals surface area contributed by atoms with Crippen molar-refractivity contribution in [2.45, 2.75) is 13.8 Å². The van der Waals surface area contributed by atoms with Crippen molar-refractivity contribution in [2.24, 2.45) is 0 Å². The molecular weight excluding hydrogens is 311 g/mol. The summed E-state index contributed by atoms with van der Waals surface area (Å²) in [5.74, 6) is 0. The van der Waals surface area contributed by atoms with Gasteiger partial charge in [-0.3, -0.25) is 0 Å². The van der Waals surface area contributed by atoms with Gasteiger partial charge in [0.05, 0.1) is 25.9 Å². The first-order valence-corrected chi connectivity index (χ1v) is 7.71. The molecule has 3 rings (SSSR count).